The second kappa shape index (κ2) is 7.14. The number of carbonyl (C=O) groups excluding carboxylic acids is 1. The summed E-state index contributed by atoms with van der Waals surface area (Å²) in [5.74, 6) is 0.723. The Morgan fingerprint density at radius 3 is 2.86 bits per heavy atom. The average molecular weight is 380 g/mol. The standard InChI is InChI=1S/C21H24N4O3/c1-4-24-18-6-5-10-22-19(18)25(21(24)27)15-9-11-23(13-15)20(26)17-8-7-16(28-3)12-14(17)2/h5-8,10,12,15H,4,9,11,13H2,1-3H3/t15-/m1/s1. The van der Waals surface area contributed by atoms with Crippen molar-refractivity contribution in [1.82, 2.24) is 19.0 Å². The van der Waals surface area contributed by atoms with Gasteiger partial charge in [0.25, 0.3) is 5.91 Å². The molecule has 1 atom stereocenters. The van der Waals surface area contributed by atoms with Crippen molar-refractivity contribution in [2.24, 2.45) is 0 Å². The zero-order chi connectivity index (χ0) is 19.8. The highest BCUT2D eigenvalue weighted by Crippen LogP contribution is 2.27. The van der Waals surface area contributed by atoms with Gasteiger partial charge in [0.15, 0.2) is 5.65 Å². The molecule has 0 spiro atoms. The molecular weight excluding hydrogens is 356 g/mol. The SMILES string of the molecule is CCn1c(=O)n([C@@H]2CCN(C(=O)c3ccc(OC)cc3C)C2)c2ncccc21. The summed E-state index contributed by atoms with van der Waals surface area (Å²) in [6, 6.07) is 9.17. The van der Waals surface area contributed by atoms with Crippen LogP contribution in [0.4, 0.5) is 0 Å². The van der Waals surface area contributed by atoms with E-state index in [0.29, 0.717) is 30.8 Å². The Bertz CT molecular complexity index is 1100. The number of imidazole rings is 1. The summed E-state index contributed by atoms with van der Waals surface area (Å²) in [7, 11) is 1.61. The number of nitrogens with zero attached hydrogens (tertiary/aromatic N) is 4. The van der Waals surface area contributed by atoms with Crippen molar-refractivity contribution in [3.8, 4) is 5.75 Å². The van der Waals surface area contributed by atoms with E-state index in [9.17, 15) is 9.59 Å². The molecule has 0 bridgehead atoms. The molecule has 0 aliphatic carbocycles. The van der Waals surface area contributed by atoms with E-state index in [1.807, 2.05) is 36.9 Å². The third-order valence-corrected chi connectivity index (χ3v) is 5.52. The molecule has 0 unspecified atom stereocenters. The number of aromatic nitrogens is 3. The molecule has 28 heavy (non-hydrogen) atoms. The van der Waals surface area contributed by atoms with Gasteiger partial charge in [-0.15, -0.1) is 0 Å². The Balaban J connectivity index is 1.63. The lowest BCUT2D eigenvalue weighted by Crippen LogP contribution is -2.32. The van der Waals surface area contributed by atoms with Gasteiger partial charge < -0.3 is 9.64 Å². The molecule has 1 aliphatic rings. The molecule has 4 rings (SSSR count). The fourth-order valence-electron chi connectivity index (χ4n) is 4.05. The summed E-state index contributed by atoms with van der Waals surface area (Å²) < 4.78 is 8.72. The number of hydrogen-bond donors (Lipinski definition) is 0. The van der Waals surface area contributed by atoms with E-state index in [-0.39, 0.29) is 17.6 Å². The number of rotatable bonds is 4. The molecule has 2 aromatic heterocycles. The molecular formula is C21H24N4O3. The molecule has 1 fully saturated rings. The minimum Gasteiger partial charge on any atom is -0.497 e. The largest absolute Gasteiger partial charge is 0.497 e. The minimum atomic E-state index is -0.0693. The monoisotopic (exact) mass is 380 g/mol. The smallest absolute Gasteiger partial charge is 0.330 e. The third-order valence-electron chi connectivity index (χ3n) is 5.52. The Morgan fingerprint density at radius 1 is 1.32 bits per heavy atom. The second-order valence-electron chi connectivity index (χ2n) is 7.12. The number of fused-ring (bicyclic) bond motifs is 1. The van der Waals surface area contributed by atoms with Gasteiger partial charge in [-0.3, -0.25) is 13.9 Å². The van der Waals surface area contributed by atoms with E-state index in [2.05, 4.69) is 4.98 Å². The fourth-order valence-corrected chi connectivity index (χ4v) is 4.05. The van der Waals surface area contributed by atoms with E-state index in [0.717, 1.165) is 23.3 Å². The molecule has 3 aromatic rings. The number of pyridine rings is 1. The van der Waals surface area contributed by atoms with Gasteiger partial charge in [-0.25, -0.2) is 9.78 Å². The van der Waals surface area contributed by atoms with Crippen LogP contribution >= 0.6 is 0 Å². The maximum Gasteiger partial charge on any atom is 0.330 e. The van der Waals surface area contributed by atoms with Crippen molar-refractivity contribution in [3.05, 3.63) is 58.1 Å². The Kier molecular flexibility index (Phi) is 4.66. The van der Waals surface area contributed by atoms with E-state index in [1.54, 1.807) is 34.6 Å². The predicted molar refractivity (Wildman–Crippen MR) is 107 cm³/mol. The van der Waals surface area contributed by atoms with Gasteiger partial charge in [-0.05, 0) is 56.2 Å². The highest BCUT2D eigenvalue weighted by molar-refractivity contribution is 5.96. The molecule has 0 N–H and O–H groups in total. The average Bonchev–Trinajstić information content (AvgIpc) is 3.29. The van der Waals surface area contributed by atoms with Crippen LogP contribution in [0.2, 0.25) is 0 Å². The van der Waals surface area contributed by atoms with Crippen molar-refractivity contribution in [1.29, 1.82) is 0 Å². The number of methoxy groups -OCH3 is 1. The molecule has 3 heterocycles. The normalized spacial score (nSPS) is 16.7. The topological polar surface area (TPSA) is 69.4 Å². The first-order chi connectivity index (χ1) is 13.5. The van der Waals surface area contributed by atoms with Gasteiger partial charge in [-0.2, -0.15) is 0 Å². The molecule has 0 radical (unpaired) electrons. The zero-order valence-electron chi connectivity index (χ0n) is 16.4. The van der Waals surface area contributed by atoms with Crippen molar-refractivity contribution < 1.29 is 9.53 Å². The van der Waals surface area contributed by atoms with Gasteiger partial charge in [0.1, 0.15) is 5.75 Å². The summed E-state index contributed by atoms with van der Waals surface area (Å²) in [6.07, 6.45) is 2.44. The quantitative estimate of drug-likeness (QED) is 0.698. The summed E-state index contributed by atoms with van der Waals surface area (Å²) >= 11 is 0. The van der Waals surface area contributed by atoms with Crippen molar-refractivity contribution >= 4 is 17.1 Å². The van der Waals surface area contributed by atoms with Crippen LogP contribution in [-0.4, -0.2) is 45.1 Å². The summed E-state index contributed by atoms with van der Waals surface area (Å²) in [6.45, 7) is 5.58. The van der Waals surface area contributed by atoms with Crippen LogP contribution in [0.1, 0.15) is 35.3 Å². The van der Waals surface area contributed by atoms with Crippen molar-refractivity contribution in [2.45, 2.75) is 32.9 Å². The van der Waals surface area contributed by atoms with Crippen LogP contribution in [0.5, 0.6) is 5.75 Å². The van der Waals surface area contributed by atoms with E-state index >= 15 is 0 Å². The van der Waals surface area contributed by atoms with Crippen LogP contribution in [0.3, 0.4) is 0 Å². The van der Waals surface area contributed by atoms with E-state index in [1.165, 1.54) is 0 Å². The lowest BCUT2D eigenvalue weighted by atomic mass is 10.1. The number of likely N-dealkylation sites (tertiary alicyclic amines) is 1. The Morgan fingerprint density at radius 2 is 2.14 bits per heavy atom. The first kappa shape index (κ1) is 18.3. The van der Waals surface area contributed by atoms with Gasteiger partial charge in [-0.1, -0.05) is 0 Å². The molecule has 1 amide bonds. The van der Waals surface area contributed by atoms with Gasteiger partial charge in [0.05, 0.1) is 18.7 Å². The lowest BCUT2D eigenvalue weighted by molar-refractivity contribution is 0.0787. The van der Waals surface area contributed by atoms with Crippen molar-refractivity contribution in [3.63, 3.8) is 0 Å². The number of aryl methyl sites for hydroxylation is 2. The highest BCUT2D eigenvalue weighted by atomic mass is 16.5. The minimum absolute atomic E-state index is 0.0112. The summed E-state index contributed by atoms with van der Waals surface area (Å²) in [5.41, 5.74) is 3.02. The third kappa shape index (κ3) is 2.87. The lowest BCUT2D eigenvalue weighted by Gasteiger charge is -2.18. The molecule has 7 nitrogen and oxygen atoms in total. The summed E-state index contributed by atoms with van der Waals surface area (Å²) in [5, 5.41) is 0. The molecule has 146 valence electrons. The van der Waals surface area contributed by atoms with Gasteiger partial charge in [0.2, 0.25) is 0 Å². The fraction of sp³-hybridized carbons (Fsp3) is 0.381. The zero-order valence-corrected chi connectivity index (χ0v) is 16.4. The van der Waals surface area contributed by atoms with Crippen LogP contribution in [-0.2, 0) is 6.54 Å². The molecule has 1 aromatic carbocycles. The molecule has 1 saturated heterocycles. The van der Waals surface area contributed by atoms with Crippen LogP contribution in [0, 0.1) is 6.92 Å². The van der Waals surface area contributed by atoms with Crippen LogP contribution in [0.15, 0.2) is 41.3 Å². The van der Waals surface area contributed by atoms with Crippen LogP contribution < -0.4 is 10.4 Å². The maximum atomic E-state index is 13.0. The number of ether oxygens (including phenoxy) is 1. The number of benzene rings is 1. The Labute approximate surface area is 163 Å². The van der Waals surface area contributed by atoms with Gasteiger partial charge in [0, 0.05) is 31.4 Å². The van der Waals surface area contributed by atoms with E-state index < -0.39 is 0 Å². The first-order valence-electron chi connectivity index (χ1n) is 9.54. The second-order valence-corrected chi connectivity index (χ2v) is 7.12. The number of hydrogen-bond acceptors (Lipinski definition) is 4. The first-order valence-corrected chi connectivity index (χ1v) is 9.54. The maximum absolute atomic E-state index is 13.0. The van der Waals surface area contributed by atoms with Crippen LogP contribution in [0.25, 0.3) is 11.2 Å². The number of amides is 1. The molecule has 0 saturated carbocycles. The van der Waals surface area contributed by atoms with Gasteiger partial charge >= 0.3 is 5.69 Å². The van der Waals surface area contributed by atoms with Crippen molar-refractivity contribution in [2.75, 3.05) is 20.2 Å². The summed E-state index contributed by atoms with van der Waals surface area (Å²) in [4.78, 5) is 32.2. The molecule has 7 heteroatoms. The Hall–Kier alpha value is -3.09. The number of carbonyl (C=O) groups is 1. The highest BCUT2D eigenvalue weighted by Gasteiger charge is 2.31. The predicted octanol–water partition coefficient (Wildman–Crippen LogP) is 2.62. The van der Waals surface area contributed by atoms with E-state index in [4.69, 9.17) is 4.74 Å². The molecule has 1 aliphatic heterocycles.